The largest absolute Gasteiger partial charge is 0.268 e. The molecule has 6 nitrogen and oxygen atoms in total. The minimum atomic E-state index is -0.514. The molecule has 8 heteroatoms. The van der Waals surface area contributed by atoms with Crippen LogP contribution >= 0.6 is 23.2 Å². The number of imide groups is 2. The molecule has 0 saturated heterocycles. The van der Waals surface area contributed by atoms with E-state index in [0.717, 1.165) is 73.6 Å². The van der Waals surface area contributed by atoms with Crippen LogP contribution in [0.1, 0.15) is 89.4 Å². The van der Waals surface area contributed by atoms with Crippen molar-refractivity contribution in [1.82, 2.24) is 0 Å². The molecule has 208 valence electrons. The van der Waals surface area contributed by atoms with Crippen molar-refractivity contribution in [2.45, 2.75) is 51.4 Å². The van der Waals surface area contributed by atoms with Gasteiger partial charge in [-0.2, -0.15) is 0 Å². The smallest absolute Gasteiger partial charge is 0.266 e. The van der Waals surface area contributed by atoms with Crippen molar-refractivity contribution in [2.24, 2.45) is 0 Å². The predicted octanol–water partition coefficient (Wildman–Crippen LogP) is 7.51. The van der Waals surface area contributed by atoms with Crippen LogP contribution in [0.3, 0.4) is 0 Å². The van der Waals surface area contributed by atoms with E-state index in [1.807, 2.05) is 12.1 Å². The van der Waals surface area contributed by atoms with E-state index in [9.17, 15) is 19.2 Å². The van der Waals surface area contributed by atoms with Gasteiger partial charge in [0.2, 0.25) is 0 Å². The monoisotopic (exact) mass is 594 g/mol. The zero-order valence-electron chi connectivity index (χ0n) is 22.6. The van der Waals surface area contributed by atoms with Gasteiger partial charge >= 0.3 is 0 Å². The van der Waals surface area contributed by atoms with E-state index in [4.69, 9.17) is 23.2 Å². The summed E-state index contributed by atoms with van der Waals surface area (Å²) in [4.78, 5) is 58.7. The average molecular weight is 595 g/mol. The highest BCUT2D eigenvalue weighted by Crippen LogP contribution is 2.45. The van der Waals surface area contributed by atoms with Gasteiger partial charge in [0.1, 0.15) is 0 Å². The van der Waals surface area contributed by atoms with Crippen LogP contribution in [-0.4, -0.2) is 23.6 Å². The summed E-state index contributed by atoms with van der Waals surface area (Å²) in [7, 11) is 0. The zero-order valence-corrected chi connectivity index (χ0v) is 24.1. The summed E-state index contributed by atoms with van der Waals surface area (Å²) >= 11 is 13.3. The highest BCUT2D eigenvalue weighted by atomic mass is 35.5. The summed E-state index contributed by atoms with van der Waals surface area (Å²) in [5.74, 6) is -2.06. The van der Waals surface area contributed by atoms with Crippen LogP contribution < -0.4 is 9.80 Å². The third-order valence-corrected chi connectivity index (χ3v) is 9.86. The molecule has 2 aliphatic carbocycles. The number of amides is 4. The number of anilines is 2. The maximum absolute atomic E-state index is 14.1. The lowest BCUT2D eigenvalue weighted by atomic mass is 9.84. The molecule has 0 saturated carbocycles. The van der Waals surface area contributed by atoms with E-state index in [1.54, 1.807) is 36.4 Å². The number of fused-ring (bicyclic) bond motifs is 2. The minimum absolute atomic E-state index is 0.263. The van der Waals surface area contributed by atoms with Gasteiger partial charge < -0.3 is 0 Å². The molecule has 0 spiro atoms. The number of hydrogen-bond acceptors (Lipinski definition) is 4. The molecule has 0 radical (unpaired) electrons. The lowest BCUT2D eigenvalue weighted by Crippen LogP contribution is -2.44. The second-order valence-corrected chi connectivity index (χ2v) is 12.3. The second-order valence-electron chi connectivity index (χ2n) is 11.4. The van der Waals surface area contributed by atoms with Crippen molar-refractivity contribution in [3.05, 3.63) is 103 Å². The van der Waals surface area contributed by atoms with E-state index >= 15 is 0 Å². The number of aryl methyl sites for hydroxylation is 2. The molecule has 0 unspecified atom stereocenters. The van der Waals surface area contributed by atoms with Crippen LogP contribution in [0.2, 0.25) is 10.0 Å². The first-order chi connectivity index (χ1) is 20.4. The maximum Gasteiger partial charge on any atom is 0.266 e. The molecule has 4 aromatic carbocycles. The fourth-order valence-electron chi connectivity index (χ4n) is 7.32. The molecule has 4 aliphatic rings. The van der Waals surface area contributed by atoms with Crippen LogP contribution in [0.4, 0.5) is 11.4 Å². The van der Waals surface area contributed by atoms with Crippen molar-refractivity contribution in [2.75, 3.05) is 9.80 Å². The second kappa shape index (κ2) is 9.25. The summed E-state index contributed by atoms with van der Waals surface area (Å²) in [5, 5.41) is 1.35. The Hall–Kier alpha value is -4.00. The fourth-order valence-corrected chi connectivity index (χ4v) is 7.85. The van der Waals surface area contributed by atoms with E-state index in [0.29, 0.717) is 32.2 Å². The SMILES string of the molecule is O=C1c2ccc3c4c(ccc(c24)C(=O)N1c1c(Cl)ccc2c1CCCC2)C(=O)N(c1c(Cl)ccc2c1CCCC2)C3=O. The van der Waals surface area contributed by atoms with Gasteiger partial charge in [-0.05, 0) is 110 Å². The standard InChI is InChI=1S/C34H24Cl2N2O4/c35-25-15-9-17-5-1-3-7-19(17)29(25)37-31(39)21-11-13-23-28-24(14-12-22(27(21)28)32(37)40)34(42)38(33(23)41)30-20-8-4-2-6-18(20)10-16-26(30)36/h9-16H,1-8H2. The highest BCUT2D eigenvalue weighted by Gasteiger charge is 2.43. The lowest BCUT2D eigenvalue weighted by Gasteiger charge is -2.34. The Morgan fingerprint density at radius 2 is 0.786 bits per heavy atom. The van der Waals surface area contributed by atoms with Crippen LogP contribution in [0.5, 0.6) is 0 Å². The van der Waals surface area contributed by atoms with Gasteiger partial charge in [-0.25, -0.2) is 9.80 Å². The van der Waals surface area contributed by atoms with Crippen LogP contribution in [-0.2, 0) is 25.7 Å². The van der Waals surface area contributed by atoms with E-state index < -0.39 is 23.6 Å². The molecule has 0 N–H and O–H groups in total. The molecule has 0 fully saturated rings. The van der Waals surface area contributed by atoms with Crippen molar-refractivity contribution in [3.63, 3.8) is 0 Å². The topological polar surface area (TPSA) is 74.8 Å². The Morgan fingerprint density at radius 3 is 1.14 bits per heavy atom. The van der Waals surface area contributed by atoms with Crippen molar-refractivity contribution in [1.29, 1.82) is 0 Å². The first-order valence-corrected chi connectivity index (χ1v) is 15.1. The summed E-state index contributed by atoms with van der Waals surface area (Å²) in [6.45, 7) is 0. The van der Waals surface area contributed by atoms with Gasteiger partial charge in [0.15, 0.2) is 0 Å². The number of carbonyl (C=O) groups excluding carboxylic acids is 4. The maximum atomic E-state index is 14.1. The average Bonchev–Trinajstić information content (AvgIpc) is 3.01. The Balaban J connectivity index is 1.31. The van der Waals surface area contributed by atoms with Crippen molar-refractivity contribution < 1.29 is 19.2 Å². The van der Waals surface area contributed by atoms with Gasteiger partial charge in [-0.15, -0.1) is 0 Å². The summed E-state index contributed by atoms with van der Waals surface area (Å²) in [6.07, 6.45) is 7.17. The van der Waals surface area contributed by atoms with Gasteiger partial charge in [0.25, 0.3) is 23.6 Å². The van der Waals surface area contributed by atoms with Gasteiger partial charge in [0, 0.05) is 33.0 Å². The molecule has 0 aromatic heterocycles. The van der Waals surface area contributed by atoms with Crippen LogP contribution in [0.25, 0.3) is 10.8 Å². The minimum Gasteiger partial charge on any atom is -0.268 e. The fraction of sp³-hybridized carbons (Fsp3) is 0.235. The Morgan fingerprint density at radius 1 is 0.452 bits per heavy atom. The molecule has 0 bridgehead atoms. The van der Waals surface area contributed by atoms with E-state index in [2.05, 4.69) is 0 Å². The van der Waals surface area contributed by atoms with Crippen LogP contribution in [0.15, 0.2) is 48.5 Å². The highest BCUT2D eigenvalue weighted by molar-refractivity contribution is 6.45. The number of benzene rings is 4. The first-order valence-electron chi connectivity index (χ1n) is 14.3. The number of rotatable bonds is 2. The molecule has 42 heavy (non-hydrogen) atoms. The molecule has 8 rings (SSSR count). The van der Waals surface area contributed by atoms with Crippen molar-refractivity contribution in [3.8, 4) is 0 Å². The Bertz CT molecular complexity index is 1750. The quantitative estimate of drug-likeness (QED) is 0.225. The Kier molecular flexibility index (Phi) is 5.66. The summed E-state index contributed by atoms with van der Waals surface area (Å²) in [6, 6.07) is 13.8. The van der Waals surface area contributed by atoms with E-state index in [-0.39, 0.29) is 22.3 Å². The van der Waals surface area contributed by atoms with E-state index in [1.165, 1.54) is 9.80 Å². The summed E-state index contributed by atoms with van der Waals surface area (Å²) < 4.78 is 0. The van der Waals surface area contributed by atoms with Gasteiger partial charge in [-0.3, -0.25) is 19.2 Å². The van der Waals surface area contributed by atoms with Gasteiger partial charge in [0.05, 0.1) is 21.4 Å². The van der Waals surface area contributed by atoms with Gasteiger partial charge in [-0.1, -0.05) is 35.3 Å². The van der Waals surface area contributed by atoms with Crippen molar-refractivity contribution >= 4 is 69.0 Å². The molecule has 2 aliphatic heterocycles. The molecule has 2 heterocycles. The molecular formula is C34H24Cl2N2O4. The Labute approximate surface area is 251 Å². The molecule has 0 atom stereocenters. The normalized spacial score (nSPS) is 17.6. The molecular weight excluding hydrogens is 571 g/mol. The molecule has 4 aromatic rings. The van der Waals surface area contributed by atoms with Crippen LogP contribution in [0, 0.1) is 0 Å². The zero-order chi connectivity index (χ0) is 28.9. The number of carbonyl (C=O) groups is 4. The summed E-state index contributed by atoms with van der Waals surface area (Å²) in [5.41, 5.74) is 5.96. The third kappa shape index (κ3) is 3.39. The first kappa shape index (κ1) is 25.7. The third-order valence-electron chi connectivity index (χ3n) is 9.25. The number of hydrogen-bond donors (Lipinski definition) is 0. The lowest BCUT2D eigenvalue weighted by molar-refractivity contribution is 0.0872. The molecule has 4 amide bonds. The number of halogens is 2. The predicted molar refractivity (Wildman–Crippen MR) is 162 cm³/mol. The number of nitrogens with zero attached hydrogens (tertiary/aromatic N) is 2.